The van der Waals surface area contributed by atoms with E-state index in [9.17, 15) is 18.4 Å². The van der Waals surface area contributed by atoms with Crippen molar-refractivity contribution in [1.82, 2.24) is 24.6 Å². The molecule has 3 N–H and O–H groups in total. The molecule has 0 saturated heterocycles. The van der Waals surface area contributed by atoms with Gasteiger partial charge in [0.1, 0.15) is 18.0 Å². The molecule has 0 unspecified atom stereocenters. The Labute approximate surface area is 187 Å². The summed E-state index contributed by atoms with van der Waals surface area (Å²) in [5.74, 6) is -1.91. The van der Waals surface area contributed by atoms with Crippen molar-refractivity contribution in [3.05, 3.63) is 87.5 Å². The molecule has 1 amide bonds. The van der Waals surface area contributed by atoms with E-state index in [4.69, 9.17) is 5.73 Å². The third kappa shape index (κ3) is 4.29. The lowest BCUT2D eigenvalue weighted by molar-refractivity contribution is 0.0694. The molecule has 11 heteroatoms. The van der Waals surface area contributed by atoms with Gasteiger partial charge in [0.2, 0.25) is 11.4 Å². The number of halogens is 2. The zero-order valence-electron chi connectivity index (χ0n) is 17.9. The molecule has 0 saturated carbocycles. The number of nitrogens with one attached hydrogen (secondary N) is 1. The second kappa shape index (κ2) is 8.77. The van der Waals surface area contributed by atoms with Gasteiger partial charge in [-0.05, 0) is 31.5 Å². The highest BCUT2D eigenvalue weighted by Gasteiger charge is 2.32. The van der Waals surface area contributed by atoms with E-state index in [0.29, 0.717) is 29.1 Å². The number of rotatable bonds is 4. The summed E-state index contributed by atoms with van der Waals surface area (Å²) in [5.41, 5.74) is 8.17. The molecule has 1 aliphatic rings. The van der Waals surface area contributed by atoms with Crippen LogP contribution in [0.25, 0.3) is 5.69 Å². The summed E-state index contributed by atoms with van der Waals surface area (Å²) in [6.07, 6.45) is 3.15. The standard InChI is InChI=1S/C22H21F2N7O2/c1-12-19(25)17(20(26-2)13-7-14(23)9-15(24)8-13)4-6-30(12)22(33)21-28-11-31(29-21)16-3-5-27-18(32)10-16/h3,5,7-12H,4,6,25H2,1-2H3,(H,27,32)/t12-/m0/s1. The van der Waals surface area contributed by atoms with Crippen LogP contribution in [0.1, 0.15) is 29.5 Å². The van der Waals surface area contributed by atoms with Crippen LogP contribution >= 0.6 is 0 Å². The Bertz CT molecular complexity index is 1320. The number of pyridine rings is 1. The molecule has 1 atom stereocenters. The summed E-state index contributed by atoms with van der Waals surface area (Å²) >= 11 is 0. The Morgan fingerprint density at radius 3 is 2.64 bits per heavy atom. The van der Waals surface area contributed by atoms with Crippen LogP contribution in [-0.4, -0.2) is 55.9 Å². The summed E-state index contributed by atoms with van der Waals surface area (Å²) in [6, 6.07) is 5.61. The van der Waals surface area contributed by atoms with Crippen molar-refractivity contribution in [3.63, 3.8) is 0 Å². The molecule has 0 fully saturated rings. The van der Waals surface area contributed by atoms with Crippen LogP contribution in [0, 0.1) is 11.6 Å². The maximum Gasteiger partial charge on any atom is 0.294 e. The van der Waals surface area contributed by atoms with E-state index in [2.05, 4.69) is 20.1 Å². The number of hydrogen-bond acceptors (Lipinski definition) is 6. The zero-order chi connectivity index (χ0) is 23.7. The number of carbonyl (C=O) groups is 1. The molecule has 3 heterocycles. The fourth-order valence-electron chi connectivity index (χ4n) is 3.84. The Balaban J connectivity index is 1.60. The summed E-state index contributed by atoms with van der Waals surface area (Å²) in [7, 11) is 1.52. The summed E-state index contributed by atoms with van der Waals surface area (Å²) in [4.78, 5) is 36.9. The Kier molecular flexibility index (Phi) is 5.86. The smallest absolute Gasteiger partial charge is 0.294 e. The molecular formula is C22H21F2N7O2. The van der Waals surface area contributed by atoms with E-state index < -0.39 is 23.6 Å². The van der Waals surface area contributed by atoms with E-state index in [0.717, 1.165) is 6.07 Å². The normalized spacial score (nSPS) is 16.9. The lowest BCUT2D eigenvalue weighted by atomic mass is 9.91. The number of aromatic amines is 1. The van der Waals surface area contributed by atoms with Crippen molar-refractivity contribution in [2.45, 2.75) is 19.4 Å². The number of hydrogen-bond donors (Lipinski definition) is 2. The third-order valence-electron chi connectivity index (χ3n) is 5.48. The van der Waals surface area contributed by atoms with Gasteiger partial charge in [0.25, 0.3) is 5.91 Å². The maximum absolute atomic E-state index is 13.7. The van der Waals surface area contributed by atoms with E-state index in [-0.39, 0.29) is 23.5 Å². The molecule has 1 aromatic carbocycles. The Hall–Kier alpha value is -4.15. The van der Waals surface area contributed by atoms with Gasteiger partial charge in [-0.15, -0.1) is 5.10 Å². The molecular weight excluding hydrogens is 432 g/mol. The predicted octanol–water partition coefficient (Wildman–Crippen LogP) is 1.80. The van der Waals surface area contributed by atoms with Gasteiger partial charge in [-0.25, -0.2) is 18.4 Å². The number of nitrogens with zero attached hydrogens (tertiary/aromatic N) is 5. The number of amides is 1. The first-order chi connectivity index (χ1) is 15.8. The SMILES string of the molecule is CN=C(C1=C(N)[C@H](C)N(C(=O)c2ncn(-c3cc[nH]c(=O)c3)n2)CC1)c1cc(F)cc(F)c1. The van der Waals surface area contributed by atoms with Crippen LogP contribution in [0.4, 0.5) is 8.78 Å². The van der Waals surface area contributed by atoms with Gasteiger partial charge in [-0.1, -0.05) is 0 Å². The van der Waals surface area contributed by atoms with Gasteiger partial charge in [0.05, 0.1) is 17.4 Å². The topological polar surface area (TPSA) is 122 Å². The number of aromatic nitrogens is 4. The number of benzene rings is 1. The van der Waals surface area contributed by atoms with Gasteiger partial charge in [-0.2, -0.15) is 0 Å². The quantitative estimate of drug-likeness (QED) is 0.584. The first kappa shape index (κ1) is 22.1. The minimum absolute atomic E-state index is 0.0463. The molecule has 0 radical (unpaired) electrons. The summed E-state index contributed by atoms with van der Waals surface area (Å²) in [5, 5.41) is 4.19. The van der Waals surface area contributed by atoms with Gasteiger partial charge >= 0.3 is 0 Å². The lowest BCUT2D eigenvalue weighted by Gasteiger charge is -2.35. The second-order valence-corrected chi connectivity index (χ2v) is 7.51. The van der Waals surface area contributed by atoms with Crippen molar-refractivity contribution < 1.29 is 13.6 Å². The molecule has 4 rings (SSSR count). The number of carbonyl (C=O) groups excluding carboxylic acids is 1. The number of aliphatic imine (C=N–C) groups is 1. The first-order valence-electron chi connectivity index (χ1n) is 10.1. The average molecular weight is 453 g/mol. The molecule has 1 aliphatic heterocycles. The summed E-state index contributed by atoms with van der Waals surface area (Å²) in [6.45, 7) is 2.03. The van der Waals surface area contributed by atoms with Crippen LogP contribution < -0.4 is 11.3 Å². The van der Waals surface area contributed by atoms with Crippen LogP contribution in [0.2, 0.25) is 0 Å². The van der Waals surface area contributed by atoms with Crippen LogP contribution in [0.15, 0.2) is 63.9 Å². The molecule has 0 spiro atoms. The Morgan fingerprint density at radius 2 is 1.97 bits per heavy atom. The minimum Gasteiger partial charge on any atom is -0.400 e. The van der Waals surface area contributed by atoms with Crippen molar-refractivity contribution >= 4 is 11.6 Å². The molecule has 0 aliphatic carbocycles. The number of H-pyrrole nitrogens is 1. The van der Waals surface area contributed by atoms with Crippen molar-refractivity contribution in [2.75, 3.05) is 13.6 Å². The minimum atomic E-state index is -0.715. The van der Waals surface area contributed by atoms with Gasteiger partial charge < -0.3 is 15.6 Å². The average Bonchev–Trinajstić information content (AvgIpc) is 3.27. The molecule has 3 aromatic rings. The largest absolute Gasteiger partial charge is 0.400 e. The molecule has 33 heavy (non-hydrogen) atoms. The molecule has 2 aromatic heterocycles. The molecule has 170 valence electrons. The second-order valence-electron chi connectivity index (χ2n) is 7.51. The van der Waals surface area contributed by atoms with E-state index in [1.54, 1.807) is 13.0 Å². The molecule has 0 bridgehead atoms. The highest BCUT2D eigenvalue weighted by atomic mass is 19.1. The maximum atomic E-state index is 13.7. The van der Waals surface area contributed by atoms with E-state index in [1.807, 2.05) is 0 Å². The lowest BCUT2D eigenvalue weighted by Crippen LogP contribution is -2.47. The monoisotopic (exact) mass is 453 g/mol. The van der Waals surface area contributed by atoms with Crippen molar-refractivity contribution in [2.24, 2.45) is 10.7 Å². The van der Waals surface area contributed by atoms with Gasteiger partial charge in [-0.3, -0.25) is 14.6 Å². The van der Waals surface area contributed by atoms with Crippen LogP contribution in [0.5, 0.6) is 0 Å². The highest BCUT2D eigenvalue weighted by Crippen LogP contribution is 2.26. The molecule has 9 nitrogen and oxygen atoms in total. The van der Waals surface area contributed by atoms with Crippen molar-refractivity contribution in [1.29, 1.82) is 0 Å². The zero-order valence-corrected chi connectivity index (χ0v) is 17.9. The number of nitrogens with two attached hydrogens (primary N) is 1. The van der Waals surface area contributed by atoms with Gasteiger partial charge in [0.15, 0.2) is 0 Å². The third-order valence-corrected chi connectivity index (χ3v) is 5.48. The fraction of sp³-hybridized carbons (Fsp3) is 0.227. The summed E-state index contributed by atoms with van der Waals surface area (Å²) < 4.78 is 28.8. The van der Waals surface area contributed by atoms with E-state index >= 15 is 0 Å². The fourth-order valence-corrected chi connectivity index (χ4v) is 3.84. The van der Waals surface area contributed by atoms with E-state index in [1.165, 1.54) is 47.4 Å². The predicted molar refractivity (Wildman–Crippen MR) is 117 cm³/mol. The first-order valence-corrected chi connectivity index (χ1v) is 10.1. The van der Waals surface area contributed by atoms with Crippen molar-refractivity contribution in [3.8, 4) is 5.69 Å². The van der Waals surface area contributed by atoms with Gasteiger partial charge in [0, 0.05) is 48.8 Å². The Morgan fingerprint density at radius 1 is 1.24 bits per heavy atom. The van der Waals surface area contributed by atoms with Crippen LogP contribution in [-0.2, 0) is 0 Å². The van der Waals surface area contributed by atoms with Crippen LogP contribution in [0.3, 0.4) is 0 Å². The highest BCUT2D eigenvalue weighted by molar-refractivity contribution is 6.13.